The molecule has 0 aliphatic carbocycles. The first-order valence-electron chi connectivity index (χ1n) is 5.13. The van der Waals surface area contributed by atoms with Crippen molar-refractivity contribution in [2.24, 2.45) is 0 Å². The predicted octanol–water partition coefficient (Wildman–Crippen LogP) is 1.40. The number of benzene rings is 1. The van der Waals surface area contributed by atoms with Crippen molar-refractivity contribution in [3.8, 4) is 28.7 Å². The molecule has 0 saturated carbocycles. The van der Waals surface area contributed by atoms with E-state index >= 15 is 0 Å². The Labute approximate surface area is 102 Å². The van der Waals surface area contributed by atoms with Crippen LogP contribution >= 0.6 is 0 Å². The Morgan fingerprint density at radius 2 is 1.89 bits per heavy atom. The third kappa shape index (κ3) is 1.73. The summed E-state index contributed by atoms with van der Waals surface area (Å²) in [6.45, 7) is 0.401. The Morgan fingerprint density at radius 1 is 1.22 bits per heavy atom. The highest BCUT2D eigenvalue weighted by atomic mass is 16.7. The van der Waals surface area contributed by atoms with Crippen LogP contribution in [-0.2, 0) is 6.42 Å². The normalized spacial score (nSPS) is 12.6. The molecule has 1 aliphatic rings. The van der Waals surface area contributed by atoms with Crippen LogP contribution in [-0.4, -0.2) is 37.2 Å². The number of rotatable bonds is 3. The fraction of sp³-hybridized carbons (Fsp3) is 0.364. The van der Waals surface area contributed by atoms with Crippen molar-refractivity contribution in [1.82, 2.24) is 0 Å². The Morgan fingerprint density at radius 3 is 2.44 bits per heavy atom. The summed E-state index contributed by atoms with van der Waals surface area (Å²) in [7, 11) is 2.70. The Hall–Kier alpha value is -2.31. The van der Waals surface area contributed by atoms with Gasteiger partial charge < -0.3 is 29.2 Å². The first-order chi connectivity index (χ1) is 8.60. The van der Waals surface area contributed by atoms with Crippen molar-refractivity contribution in [2.45, 2.75) is 6.42 Å². The summed E-state index contributed by atoms with van der Waals surface area (Å²) in [5.41, 5.74) is 0.614. The lowest BCUT2D eigenvalue weighted by molar-refractivity contribution is 0.140. The molecular weight excluding hydrogens is 244 g/mol. The highest BCUT2D eigenvalue weighted by Gasteiger charge is 2.31. The Balaban J connectivity index is 2.67. The Kier molecular flexibility index (Phi) is 3.05. The van der Waals surface area contributed by atoms with E-state index in [1.807, 2.05) is 0 Å². The molecule has 1 aromatic carbocycles. The summed E-state index contributed by atoms with van der Waals surface area (Å²) in [6, 6.07) is 0. The summed E-state index contributed by atoms with van der Waals surface area (Å²) in [5, 5.41) is 18.6. The Bertz CT molecular complexity index is 495. The van der Waals surface area contributed by atoms with Crippen LogP contribution < -0.4 is 18.9 Å². The van der Waals surface area contributed by atoms with Crippen LogP contribution in [0, 0.1) is 0 Å². The quantitative estimate of drug-likeness (QED) is 0.623. The van der Waals surface area contributed by atoms with E-state index in [9.17, 15) is 9.90 Å². The average molecular weight is 256 g/mol. The molecule has 0 spiro atoms. The van der Waals surface area contributed by atoms with Crippen LogP contribution in [0.2, 0.25) is 0 Å². The molecule has 0 unspecified atom stereocenters. The SMILES string of the molecule is COc1c(O)c(OC(=O)O)c(OC)c2c1OCC2. The molecule has 0 fully saturated rings. The minimum atomic E-state index is -1.55. The molecule has 1 aromatic rings. The summed E-state index contributed by atoms with van der Waals surface area (Å²) >= 11 is 0. The van der Waals surface area contributed by atoms with E-state index in [4.69, 9.17) is 19.3 Å². The fourth-order valence-electron chi connectivity index (χ4n) is 1.92. The zero-order valence-electron chi connectivity index (χ0n) is 9.85. The number of carboxylic acid groups (broad SMARTS) is 1. The minimum Gasteiger partial charge on any atom is -0.501 e. The zero-order valence-corrected chi connectivity index (χ0v) is 9.85. The van der Waals surface area contributed by atoms with Gasteiger partial charge in [0.15, 0.2) is 11.5 Å². The maximum absolute atomic E-state index is 10.6. The topological polar surface area (TPSA) is 94.5 Å². The molecule has 2 rings (SSSR count). The minimum absolute atomic E-state index is 0.0413. The number of hydrogen-bond donors (Lipinski definition) is 2. The number of fused-ring (bicyclic) bond motifs is 1. The molecule has 1 aliphatic heterocycles. The van der Waals surface area contributed by atoms with Crippen LogP contribution in [0.4, 0.5) is 4.79 Å². The van der Waals surface area contributed by atoms with Crippen LogP contribution in [0.5, 0.6) is 28.7 Å². The molecule has 0 aromatic heterocycles. The van der Waals surface area contributed by atoms with Gasteiger partial charge in [-0.05, 0) is 0 Å². The molecule has 0 bridgehead atoms. The maximum atomic E-state index is 10.6. The van der Waals surface area contributed by atoms with Gasteiger partial charge in [-0.3, -0.25) is 0 Å². The zero-order chi connectivity index (χ0) is 13.3. The molecule has 0 saturated heterocycles. The molecule has 7 nitrogen and oxygen atoms in total. The molecule has 2 N–H and O–H groups in total. The third-order valence-corrected chi connectivity index (χ3v) is 2.59. The standard InChI is InChI=1S/C11H12O7/c1-15-7-5-3-4-17-8(5)9(16-2)6(12)10(7)18-11(13)14/h12H,3-4H2,1-2H3,(H,13,14). The number of methoxy groups -OCH3 is 2. The second-order valence-corrected chi connectivity index (χ2v) is 3.52. The first kappa shape index (κ1) is 12.2. The van der Waals surface area contributed by atoms with E-state index < -0.39 is 11.9 Å². The molecule has 7 heteroatoms. The molecule has 18 heavy (non-hydrogen) atoms. The summed E-state index contributed by atoms with van der Waals surface area (Å²) in [4.78, 5) is 10.6. The van der Waals surface area contributed by atoms with E-state index in [2.05, 4.69) is 4.74 Å². The van der Waals surface area contributed by atoms with Crippen LogP contribution in [0.25, 0.3) is 0 Å². The number of carbonyl (C=O) groups is 1. The molecule has 0 amide bonds. The van der Waals surface area contributed by atoms with E-state index in [0.717, 1.165) is 0 Å². The fourth-order valence-corrected chi connectivity index (χ4v) is 1.92. The van der Waals surface area contributed by atoms with Crippen LogP contribution in [0.1, 0.15) is 5.56 Å². The molecular formula is C11H12O7. The van der Waals surface area contributed by atoms with Gasteiger partial charge in [0.25, 0.3) is 0 Å². The second kappa shape index (κ2) is 4.52. The van der Waals surface area contributed by atoms with Gasteiger partial charge >= 0.3 is 6.16 Å². The maximum Gasteiger partial charge on any atom is 0.511 e. The molecule has 98 valence electrons. The first-order valence-corrected chi connectivity index (χ1v) is 5.13. The van der Waals surface area contributed by atoms with Crippen molar-refractivity contribution in [2.75, 3.05) is 20.8 Å². The molecule has 0 atom stereocenters. The van der Waals surface area contributed by atoms with E-state index in [1.165, 1.54) is 14.2 Å². The van der Waals surface area contributed by atoms with Crippen molar-refractivity contribution in [3.05, 3.63) is 5.56 Å². The number of phenolic OH excluding ortho intramolecular Hbond substituents is 1. The van der Waals surface area contributed by atoms with Gasteiger partial charge in [-0.15, -0.1) is 0 Å². The number of aromatic hydroxyl groups is 1. The van der Waals surface area contributed by atoms with Gasteiger partial charge in [-0.25, -0.2) is 4.79 Å². The number of ether oxygens (including phenoxy) is 4. The van der Waals surface area contributed by atoms with E-state index in [1.54, 1.807) is 0 Å². The van der Waals surface area contributed by atoms with E-state index in [-0.39, 0.29) is 17.2 Å². The largest absolute Gasteiger partial charge is 0.511 e. The van der Waals surface area contributed by atoms with Gasteiger partial charge in [0.05, 0.1) is 20.8 Å². The number of phenols is 1. The van der Waals surface area contributed by atoms with Crippen molar-refractivity contribution in [1.29, 1.82) is 0 Å². The smallest absolute Gasteiger partial charge is 0.501 e. The van der Waals surface area contributed by atoms with Crippen LogP contribution in [0.3, 0.4) is 0 Å². The van der Waals surface area contributed by atoms with Gasteiger partial charge in [0, 0.05) is 12.0 Å². The second-order valence-electron chi connectivity index (χ2n) is 3.52. The average Bonchev–Trinajstić information content (AvgIpc) is 2.78. The monoisotopic (exact) mass is 256 g/mol. The summed E-state index contributed by atoms with van der Waals surface area (Å²) in [6.07, 6.45) is -1.03. The van der Waals surface area contributed by atoms with Crippen LogP contribution in [0.15, 0.2) is 0 Å². The molecule has 0 radical (unpaired) electrons. The van der Waals surface area contributed by atoms with Crippen molar-refractivity contribution >= 4 is 6.16 Å². The van der Waals surface area contributed by atoms with Crippen molar-refractivity contribution < 1.29 is 34.0 Å². The third-order valence-electron chi connectivity index (χ3n) is 2.59. The highest BCUT2D eigenvalue weighted by Crippen LogP contribution is 2.54. The lowest BCUT2D eigenvalue weighted by atomic mass is 10.1. The lowest BCUT2D eigenvalue weighted by Gasteiger charge is -2.16. The van der Waals surface area contributed by atoms with Gasteiger partial charge in [-0.2, -0.15) is 0 Å². The lowest BCUT2D eigenvalue weighted by Crippen LogP contribution is -2.06. The van der Waals surface area contributed by atoms with Gasteiger partial charge in [0.1, 0.15) is 0 Å². The van der Waals surface area contributed by atoms with Gasteiger partial charge in [-0.1, -0.05) is 0 Å². The molecule has 1 heterocycles. The predicted molar refractivity (Wildman–Crippen MR) is 59.1 cm³/mol. The van der Waals surface area contributed by atoms with Gasteiger partial charge in [0.2, 0.25) is 17.2 Å². The highest BCUT2D eigenvalue weighted by molar-refractivity contribution is 5.74. The summed E-state index contributed by atoms with van der Waals surface area (Å²) < 4.78 is 20.0. The van der Waals surface area contributed by atoms with Crippen molar-refractivity contribution in [3.63, 3.8) is 0 Å². The van der Waals surface area contributed by atoms with E-state index in [0.29, 0.717) is 24.3 Å². The summed E-state index contributed by atoms with van der Waals surface area (Å²) in [5.74, 6) is -0.212. The number of hydrogen-bond acceptors (Lipinski definition) is 6.